The number of halogens is 1. The molecule has 144 valence electrons. The molecule has 1 aromatic carbocycles. The molecule has 1 aliphatic rings. The average molecular weight is 397 g/mol. The van der Waals surface area contributed by atoms with Crippen LogP contribution in [-0.2, 0) is 11.2 Å². The van der Waals surface area contributed by atoms with Gasteiger partial charge in [-0.1, -0.05) is 12.1 Å². The first-order valence-corrected chi connectivity index (χ1v) is 10.2. The molecule has 1 atom stereocenters. The van der Waals surface area contributed by atoms with Crippen LogP contribution in [0, 0.1) is 5.82 Å². The number of aromatic amines is 1. The smallest absolute Gasteiger partial charge is 0.251 e. The van der Waals surface area contributed by atoms with Gasteiger partial charge in [-0.3, -0.25) is 9.59 Å². The van der Waals surface area contributed by atoms with Gasteiger partial charge in [-0.25, -0.2) is 9.37 Å². The summed E-state index contributed by atoms with van der Waals surface area (Å²) in [6.07, 6.45) is 2.84. The van der Waals surface area contributed by atoms with E-state index in [9.17, 15) is 14.0 Å². The number of thiophene rings is 1. The average Bonchev–Trinajstić information content (AvgIpc) is 3.24. The number of hydrogen-bond donors (Lipinski definition) is 1. The standard InChI is InChI=1S/C21H20FN3O2S/c22-16-6-4-14(5-7-16)11-20(27)25-9-2-1-3-18(25)21-23-17(12-19(26)24-21)15-8-10-28-13-15/h4-8,10,12-13,18H,1-3,9,11H2,(H,23,24,26). The van der Waals surface area contributed by atoms with E-state index in [-0.39, 0.29) is 29.7 Å². The first-order chi connectivity index (χ1) is 13.6. The van der Waals surface area contributed by atoms with Crippen molar-refractivity contribution in [3.63, 3.8) is 0 Å². The predicted molar refractivity (Wildman–Crippen MR) is 107 cm³/mol. The lowest BCUT2D eigenvalue weighted by Crippen LogP contribution is -2.40. The summed E-state index contributed by atoms with van der Waals surface area (Å²) >= 11 is 1.55. The molecule has 5 nitrogen and oxygen atoms in total. The van der Waals surface area contributed by atoms with Crippen LogP contribution in [0.15, 0.2) is 52.0 Å². The van der Waals surface area contributed by atoms with E-state index in [2.05, 4.69) is 9.97 Å². The number of carbonyl (C=O) groups is 1. The van der Waals surface area contributed by atoms with Crippen molar-refractivity contribution in [1.29, 1.82) is 0 Å². The number of rotatable bonds is 4. The van der Waals surface area contributed by atoms with Crippen LogP contribution in [0.2, 0.25) is 0 Å². The summed E-state index contributed by atoms with van der Waals surface area (Å²) in [5, 5.41) is 3.89. The first kappa shape index (κ1) is 18.6. The molecular formula is C21H20FN3O2S. The molecular weight excluding hydrogens is 377 g/mol. The van der Waals surface area contributed by atoms with Crippen molar-refractivity contribution in [2.24, 2.45) is 0 Å². The zero-order valence-electron chi connectivity index (χ0n) is 15.2. The van der Waals surface area contributed by atoms with E-state index >= 15 is 0 Å². The summed E-state index contributed by atoms with van der Waals surface area (Å²) in [4.78, 5) is 34.4. The highest BCUT2D eigenvalue weighted by atomic mass is 32.1. The number of nitrogens with one attached hydrogen (secondary N) is 1. The van der Waals surface area contributed by atoms with Gasteiger partial charge < -0.3 is 9.88 Å². The van der Waals surface area contributed by atoms with Crippen LogP contribution in [-0.4, -0.2) is 27.3 Å². The highest BCUT2D eigenvalue weighted by molar-refractivity contribution is 7.08. The van der Waals surface area contributed by atoms with Crippen LogP contribution < -0.4 is 5.56 Å². The second kappa shape index (κ2) is 8.06. The molecule has 7 heteroatoms. The fourth-order valence-electron chi connectivity index (χ4n) is 3.59. The monoisotopic (exact) mass is 397 g/mol. The van der Waals surface area contributed by atoms with Gasteiger partial charge in [0.05, 0.1) is 18.2 Å². The molecule has 1 amide bonds. The Morgan fingerprint density at radius 2 is 2.07 bits per heavy atom. The zero-order valence-corrected chi connectivity index (χ0v) is 16.0. The van der Waals surface area contributed by atoms with Crippen molar-refractivity contribution in [1.82, 2.24) is 14.9 Å². The van der Waals surface area contributed by atoms with E-state index in [1.165, 1.54) is 18.2 Å². The Balaban J connectivity index is 1.61. The topological polar surface area (TPSA) is 66.1 Å². The van der Waals surface area contributed by atoms with Gasteiger partial charge in [0.25, 0.3) is 5.56 Å². The Morgan fingerprint density at radius 1 is 1.25 bits per heavy atom. The van der Waals surface area contributed by atoms with Crippen LogP contribution in [0.25, 0.3) is 11.3 Å². The maximum Gasteiger partial charge on any atom is 0.251 e. The summed E-state index contributed by atoms with van der Waals surface area (Å²) in [6, 6.07) is 9.13. The van der Waals surface area contributed by atoms with Crippen LogP contribution in [0.4, 0.5) is 4.39 Å². The van der Waals surface area contributed by atoms with Gasteiger partial charge in [-0.05, 0) is 48.4 Å². The molecule has 3 aromatic rings. The summed E-state index contributed by atoms with van der Waals surface area (Å²) in [7, 11) is 0. The molecule has 1 aliphatic heterocycles. The third-order valence-corrected chi connectivity index (χ3v) is 5.67. The molecule has 0 bridgehead atoms. The van der Waals surface area contributed by atoms with E-state index in [1.807, 2.05) is 16.8 Å². The van der Waals surface area contributed by atoms with Gasteiger partial charge >= 0.3 is 0 Å². The van der Waals surface area contributed by atoms with Crippen molar-refractivity contribution in [2.75, 3.05) is 6.54 Å². The minimum Gasteiger partial charge on any atom is -0.332 e. The summed E-state index contributed by atoms with van der Waals surface area (Å²) in [5.41, 5.74) is 2.07. The second-order valence-corrected chi connectivity index (χ2v) is 7.71. The number of aromatic nitrogens is 2. The zero-order chi connectivity index (χ0) is 19.5. The van der Waals surface area contributed by atoms with Gasteiger partial charge in [0.1, 0.15) is 11.6 Å². The minimum atomic E-state index is -0.320. The molecule has 1 N–H and O–H groups in total. The fourth-order valence-corrected chi connectivity index (χ4v) is 4.23. The molecule has 28 heavy (non-hydrogen) atoms. The largest absolute Gasteiger partial charge is 0.332 e. The van der Waals surface area contributed by atoms with Gasteiger partial charge in [0, 0.05) is 23.6 Å². The second-order valence-electron chi connectivity index (χ2n) is 6.93. The van der Waals surface area contributed by atoms with Crippen molar-refractivity contribution < 1.29 is 9.18 Å². The van der Waals surface area contributed by atoms with Crippen molar-refractivity contribution >= 4 is 17.2 Å². The minimum absolute atomic E-state index is 0.0418. The summed E-state index contributed by atoms with van der Waals surface area (Å²) < 4.78 is 13.1. The Bertz CT molecular complexity index is 1010. The number of carbonyl (C=O) groups excluding carboxylic acids is 1. The Labute approximate surface area is 165 Å². The van der Waals surface area contributed by atoms with E-state index in [1.54, 1.807) is 28.4 Å². The maximum atomic E-state index is 13.1. The van der Waals surface area contributed by atoms with E-state index in [0.717, 1.165) is 30.4 Å². The number of amides is 1. The van der Waals surface area contributed by atoms with Crippen LogP contribution in [0.5, 0.6) is 0 Å². The summed E-state index contributed by atoms with van der Waals surface area (Å²) in [6.45, 7) is 0.622. The van der Waals surface area contributed by atoms with Crippen LogP contribution >= 0.6 is 11.3 Å². The highest BCUT2D eigenvalue weighted by Gasteiger charge is 2.30. The molecule has 2 aromatic heterocycles. The molecule has 1 saturated heterocycles. The number of piperidine rings is 1. The van der Waals surface area contributed by atoms with Crippen molar-refractivity contribution in [2.45, 2.75) is 31.7 Å². The SMILES string of the molecule is O=C(Cc1ccc(F)cc1)N1CCCCC1c1nc(-c2ccsc2)cc(=O)[nH]1. The van der Waals surface area contributed by atoms with E-state index in [0.29, 0.717) is 18.1 Å². The number of likely N-dealkylation sites (tertiary alicyclic amines) is 1. The van der Waals surface area contributed by atoms with Crippen LogP contribution in [0.3, 0.4) is 0 Å². The van der Waals surface area contributed by atoms with Crippen LogP contribution in [0.1, 0.15) is 36.7 Å². The Hall–Kier alpha value is -2.80. The Kier molecular flexibility index (Phi) is 5.34. The van der Waals surface area contributed by atoms with Gasteiger partial charge in [-0.15, -0.1) is 0 Å². The van der Waals surface area contributed by atoms with Crippen molar-refractivity contribution in [3.8, 4) is 11.3 Å². The maximum absolute atomic E-state index is 13.1. The number of nitrogens with zero attached hydrogens (tertiary/aromatic N) is 2. The molecule has 3 heterocycles. The highest BCUT2D eigenvalue weighted by Crippen LogP contribution is 2.30. The quantitative estimate of drug-likeness (QED) is 0.725. The molecule has 0 aliphatic carbocycles. The first-order valence-electron chi connectivity index (χ1n) is 9.28. The van der Waals surface area contributed by atoms with Gasteiger partial charge in [0.15, 0.2) is 0 Å². The molecule has 0 saturated carbocycles. The van der Waals surface area contributed by atoms with E-state index < -0.39 is 0 Å². The lowest BCUT2D eigenvalue weighted by Gasteiger charge is -2.35. The number of hydrogen-bond acceptors (Lipinski definition) is 4. The predicted octanol–water partition coefficient (Wildman–Crippen LogP) is 3.93. The van der Waals surface area contributed by atoms with Gasteiger partial charge in [0.2, 0.25) is 5.91 Å². The number of benzene rings is 1. The molecule has 0 spiro atoms. The van der Waals surface area contributed by atoms with E-state index in [4.69, 9.17) is 0 Å². The number of H-pyrrole nitrogens is 1. The molecule has 1 unspecified atom stereocenters. The molecule has 0 radical (unpaired) electrons. The van der Waals surface area contributed by atoms with Gasteiger partial charge in [-0.2, -0.15) is 11.3 Å². The summed E-state index contributed by atoms with van der Waals surface area (Å²) in [5.74, 6) is 0.166. The normalized spacial score (nSPS) is 16.9. The lowest BCUT2D eigenvalue weighted by atomic mass is 9.99. The lowest BCUT2D eigenvalue weighted by molar-refractivity contribution is -0.134. The molecule has 1 fully saturated rings. The third-order valence-electron chi connectivity index (χ3n) is 4.98. The van der Waals surface area contributed by atoms with Crippen molar-refractivity contribution in [3.05, 3.63) is 74.7 Å². The Morgan fingerprint density at radius 3 is 2.82 bits per heavy atom. The third kappa shape index (κ3) is 4.04. The molecule has 4 rings (SSSR count). The fraction of sp³-hybridized carbons (Fsp3) is 0.286.